The van der Waals surface area contributed by atoms with Gasteiger partial charge in [0.2, 0.25) is 0 Å². The van der Waals surface area contributed by atoms with Gasteiger partial charge in [0, 0.05) is 5.39 Å². The average Bonchev–Trinajstić information content (AvgIpc) is 2.22. The van der Waals surface area contributed by atoms with Gasteiger partial charge in [-0.1, -0.05) is 0 Å². The molecule has 0 aliphatic heterocycles. The highest BCUT2D eigenvalue weighted by Crippen LogP contribution is 2.15. The Morgan fingerprint density at radius 2 is 2.27 bits per heavy atom. The normalized spacial score (nSPS) is 10.7. The van der Waals surface area contributed by atoms with Gasteiger partial charge in [0.25, 0.3) is 5.56 Å². The summed E-state index contributed by atoms with van der Waals surface area (Å²) in [6, 6.07) is 4.37. The predicted octanol–water partition coefficient (Wildman–Crippen LogP) is 1.07. The molecule has 0 radical (unpaired) electrons. The molecule has 1 heterocycles. The van der Waals surface area contributed by atoms with Crippen molar-refractivity contribution in [1.29, 1.82) is 0 Å². The number of rotatable bonds is 2. The Hall–Kier alpha value is -1.91. The first-order valence-electron chi connectivity index (χ1n) is 4.47. The molecule has 4 nitrogen and oxygen atoms in total. The van der Waals surface area contributed by atoms with E-state index in [2.05, 4.69) is 5.10 Å². The number of aromatic hydroxyl groups is 1. The highest BCUT2D eigenvalue weighted by molar-refractivity contribution is 5.81. The molecule has 0 saturated heterocycles. The zero-order chi connectivity index (χ0) is 10.8. The summed E-state index contributed by atoms with van der Waals surface area (Å²) >= 11 is 0. The molecule has 1 aromatic carbocycles. The molecule has 0 fully saturated rings. The minimum absolute atomic E-state index is 0.0460. The lowest BCUT2D eigenvalue weighted by Gasteiger charge is -2.03. The predicted molar refractivity (Wildman–Crippen MR) is 53.6 cm³/mol. The summed E-state index contributed by atoms with van der Waals surface area (Å²) in [7, 11) is 0. The molecule has 0 unspecified atom stereocenters. The fraction of sp³-hybridized carbons (Fsp3) is 0.200. The first-order valence-corrected chi connectivity index (χ1v) is 4.47. The first kappa shape index (κ1) is 9.64. The van der Waals surface area contributed by atoms with E-state index >= 15 is 0 Å². The topological polar surface area (TPSA) is 55.1 Å². The van der Waals surface area contributed by atoms with E-state index in [1.807, 2.05) is 0 Å². The summed E-state index contributed by atoms with van der Waals surface area (Å²) in [6.07, 6.45) is 1.44. The summed E-state index contributed by atoms with van der Waals surface area (Å²) in [6.45, 7) is -0.674. The Morgan fingerprint density at radius 3 is 3.00 bits per heavy atom. The van der Waals surface area contributed by atoms with Crippen LogP contribution in [0.2, 0.25) is 0 Å². The number of halogens is 1. The van der Waals surface area contributed by atoms with Crippen molar-refractivity contribution >= 4 is 10.8 Å². The van der Waals surface area contributed by atoms with E-state index in [9.17, 15) is 14.3 Å². The lowest BCUT2D eigenvalue weighted by molar-refractivity contribution is 0.419. The molecule has 0 atom stereocenters. The molecular formula is C10H9FN2O2. The molecule has 1 aromatic heterocycles. The minimum Gasteiger partial charge on any atom is -0.508 e. The third-order valence-corrected chi connectivity index (χ3v) is 2.13. The molecule has 2 aromatic rings. The zero-order valence-corrected chi connectivity index (χ0v) is 7.85. The van der Waals surface area contributed by atoms with Crippen molar-refractivity contribution in [2.75, 3.05) is 6.67 Å². The number of benzene rings is 1. The molecule has 5 heteroatoms. The lowest BCUT2D eigenvalue weighted by atomic mass is 10.2. The SMILES string of the molecule is O=c1c2ccc(O)cc2cnn1CCF. The van der Waals surface area contributed by atoms with Crippen LogP contribution in [0.15, 0.2) is 29.2 Å². The Kier molecular flexibility index (Phi) is 2.37. The fourth-order valence-electron chi connectivity index (χ4n) is 1.41. The van der Waals surface area contributed by atoms with Gasteiger partial charge < -0.3 is 5.11 Å². The van der Waals surface area contributed by atoms with Crippen LogP contribution < -0.4 is 5.56 Å². The van der Waals surface area contributed by atoms with Crippen LogP contribution in [0, 0.1) is 0 Å². The Labute approximate surface area is 84.6 Å². The van der Waals surface area contributed by atoms with Crippen molar-refractivity contribution in [2.45, 2.75) is 6.54 Å². The minimum atomic E-state index is -0.628. The van der Waals surface area contributed by atoms with Crippen LogP contribution in [0.25, 0.3) is 10.8 Å². The molecule has 0 amide bonds. The molecular weight excluding hydrogens is 199 g/mol. The Bertz CT molecular complexity index is 551. The number of phenols is 1. The number of alkyl halides is 1. The van der Waals surface area contributed by atoms with Gasteiger partial charge in [0.05, 0.1) is 18.1 Å². The van der Waals surface area contributed by atoms with Gasteiger partial charge in [-0.15, -0.1) is 0 Å². The summed E-state index contributed by atoms with van der Waals surface area (Å²) in [4.78, 5) is 11.7. The van der Waals surface area contributed by atoms with Crippen LogP contribution in [0.4, 0.5) is 4.39 Å². The number of hydrogen-bond acceptors (Lipinski definition) is 3. The van der Waals surface area contributed by atoms with E-state index in [-0.39, 0.29) is 17.9 Å². The van der Waals surface area contributed by atoms with E-state index in [0.717, 1.165) is 4.68 Å². The fourth-order valence-corrected chi connectivity index (χ4v) is 1.41. The second-order valence-corrected chi connectivity index (χ2v) is 3.13. The van der Waals surface area contributed by atoms with Crippen LogP contribution in [0.1, 0.15) is 0 Å². The van der Waals surface area contributed by atoms with Gasteiger partial charge >= 0.3 is 0 Å². The van der Waals surface area contributed by atoms with Crippen molar-refractivity contribution in [1.82, 2.24) is 9.78 Å². The van der Waals surface area contributed by atoms with Crippen LogP contribution in [-0.4, -0.2) is 21.6 Å². The highest BCUT2D eigenvalue weighted by Gasteiger charge is 2.03. The van der Waals surface area contributed by atoms with Gasteiger partial charge in [-0.2, -0.15) is 5.10 Å². The summed E-state index contributed by atoms with van der Waals surface area (Å²) in [5.74, 6) is 0.0759. The Morgan fingerprint density at radius 1 is 1.47 bits per heavy atom. The molecule has 78 valence electrons. The first-order chi connectivity index (χ1) is 7.22. The third-order valence-electron chi connectivity index (χ3n) is 2.13. The molecule has 2 rings (SSSR count). The van der Waals surface area contributed by atoms with Crippen molar-refractivity contribution in [2.24, 2.45) is 0 Å². The summed E-state index contributed by atoms with van der Waals surface area (Å²) in [5, 5.41) is 14.0. The molecule has 0 aliphatic carbocycles. The molecule has 0 spiro atoms. The van der Waals surface area contributed by atoms with E-state index < -0.39 is 6.67 Å². The zero-order valence-electron chi connectivity index (χ0n) is 7.85. The second kappa shape index (κ2) is 3.68. The smallest absolute Gasteiger partial charge is 0.274 e. The lowest BCUT2D eigenvalue weighted by Crippen LogP contribution is -2.23. The quantitative estimate of drug-likeness (QED) is 0.803. The van der Waals surface area contributed by atoms with Gasteiger partial charge in [-0.05, 0) is 18.2 Å². The molecule has 0 saturated carbocycles. The van der Waals surface area contributed by atoms with Crippen LogP contribution in [0.3, 0.4) is 0 Å². The van der Waals surface area contributed by atoms with E-state index in [4.69, 9.17) is 0 Å². The molecule has 1 N–H and O–H groups in total. The number of fused-ring (bicyclic) bond motifs is 1. The van der Waals surface area contributed by atoms with Crippen LogP contribution in [-0.2, 0) is 6.54 Å². The Balaban J connectivity index is 2.69. The number of nitrogens with zero attached hydrogens (tertiary/aromatic N) is 2. The number of hydrogen-bond donors (Lipinski definition) is 1. The van der Waals surface area contributed by atoms with E-state index in [1.165, 1.54) is 24.4 Å². The average molecular weight is 208 g/mol. The van der Waals surface area contributed by atoms with E-state index in [1.54, 1.807) is 0 Å². The van der Waals surface area contributed by atoms with Crippen molar-refractivity contribution in [3.05, 3.63) is 34.7 Å². The maximum atomic E-state index is 12.1. The number of phenolic OH excluding ortho intramolecular Hbond substituents is 1. The standard InChI is InChI=1S/C10H9FN2O2/c11-3-4-13-10(15)9-2-1-8(14)5-7(9)6-12-13/h1-2,5-6,14H,3-4H2. The van der Waals surface area contributed by atoms with Gasteiger partial charge in [0.1, 0.15) is 12.4 Å². The maximum absolute atomic E-state index is 12.1. The molecule has 0 bridgehead atoms. The monoisotopic (exact) mass is 208 g/mol. The van der Waals surface area contributed by atoms with Gasteiger partial charge in [-0.25, -0.2) is 9.07 Å². The highest BCUT2D eigenvalue weighted by atomic mass is 19.1. The van der Waals surface area contributed by atoms with Crippen molar-refractivity contribution < 1.29 is 9.50 Å². The van der Waals surface area contributed by atoms with Crippen LogP contribution >= 0.6 is 0 Å². The maximum Gasteiger partial charge on any atom is 0.274 e. The van der Waals surface area contributed by atoms with Crippen molar-refractivity contribution in [3.63, 3.8) is 0 Å². The third kappa shape index (κ3) is 1.68. The summed E-state index contributed by atoms with van der Waals surface area (Å²) in [5.41, 5.74) is -0.342. The van der Waals surface area contributed by atoms with Crippen LogP contribution in [0.5, 0.6) is 5.75 Å². The van der Waals surface area contributed by atoms with Gasteiger partial charge in [-0.3, -0.25) is 4.79 Å². The molecule has 15 heavy (non-hydrogen) atoms. The number of aryl methyl sites for hydroxylation is 1. The van der Waals surface area contributed by atoms with Crippen molar-refractivity contribution in [3.8, 4) is 5.75 Å². The second-order valence-electron chi connectivity index (χ2n) is 3.13. The number of aromatic nitrogens is 2. The largest absolute Gasteiger partial charge is 0.508 e. The van der Waals surface area contributed by atoms with Gasteiger partial charge in [0.15, 0.2) is 0 Å². The summed E-state index contributed by atoms with van der Waals surface area (Å²) < 4.78 is 13.2. The molecule has 0 aliphatic rings. The van der Waals surface area contributed by atoms with E-state index in [0.29, 0.717) is 10.8 Å².